The summed E-state index contributed by atoms with van der Waals surface area (Å²) in [6.45, 7) is 0.432. The molecule has 0 bridgehead atoms. The Labute approximate surface area is 155 Å². The molecule has 2 aromatic heterocycles. The van der Waals surface area contributed by atoms with Crippen molar-refractivity contribution in [1.29, 1.82) is 0 Å². The lowest BCUT2D eigenvalue weighted by Gasteiger charge is -1.96. The van der Waals surface area contributed by atoms with E-state index in [2.05, 4.69) is 36.3 Å². The van der Waals surface area contributed by atoms with Gasteiger partial charge >= 0.3 is 0 Å². The average molecular weight is 416 g/mol. The van der Waals surface area contributed by atoms with Gasteiger partial charge in [-0.05, 0) is 53.7 Å². The first kappa shape index (κ1) is 16.0. The predicted molar refractivity (Wildman–Crippen MR) is 97.6 cm³/mol. The number of benzene rings is 2. The van der Waals surface area contributed by atoms with Crippen molar-refractivity contribution in [2.45, 2.75) is 6.54 Å². The van der Waals surface area contributed by atoms with Crippen molar-refractivity contribution >= 4 is 27.3 Å². The van der Waals surface area contributed by atoms with Crippen LogP contribution in [0.2, 0.25) is 0 Å². The molecular formula is C17H11BrFN5S. The Balaban J connectivity index is 1.51. The summed E-state index contributed by atoms with van der Waals surface area (Å²) in [5.41, 5.74) is 2.63. The average Bonchev–Trinajstić information content (AvgIpc) is 3.27. The van der Waals surface area contributed by atoms with E-state index in [0.717, 1.165) is 26.3 Å². The first-order chi connectivity index (χ1) is 12.2. The molecule has 2 heterocycles. The molecule has 4 rings (SSSR count). The van der Waals surface area contributed by atoms with Gasteiger partial charge in [-0.25, -0.2) is 9.37 Å². The van der Waals surface area contributed by atoms with Crippen LogP contribution >= 0.6 is 27.3 Å². The van der Waals surface area contributed by atoms with Gasteiger partial charge in [0.2, 0.25) is 5.82 Å². The maximum atomic E-state index is 13.0. The van der Waals surface area contributed by atoms with Crippen LogP contribution in [0.3, 0.4) is 0 Å². The summed E-state index contributed by atoms with van der Waals surface area (Å²) in [5, 5.41) is 15.3. The third-order valence-corrected chi connectivity index (χ3v) is 4.97. The first-order valence-corrected chi connectivity index (χ1v) is 9.09. The number of thiazole rings is 1. The highest BCUT2D eigenvalue weighted by atomic mass is 79.9. The molecule has 124 valence electrons. The van der Waals surface area contributed by atoms with Crippen molar-refractivity contribution in [1.82, 2.24) is 25.2 Å². The summed E-state index contributed by atoms with van der Waals surface area (Å²) in [4.78, 5) is 6.08. The molecule has 0 aliphatic heterocycles. The van der Waals surface area contributed by atoms with E-state index in [-0.39, 0.29) is 5.82 Å². The van der Waals surface area contributed by atoms with Crippen molar-refractivity contribution < 1.29 is 4.39 Å². The van der Waals surface area contributed by atoms with E-state index in [0.29, 0.717) is 12.4 Å². The van der Waals surface area contributed by atoms with Crippen LogP contribution in [0.5, 0.6) is 0 Å². The SMILES string of the molecule is Fc1ccc(-c2nc(Cn3nnc(-c4ccc(Br)cc4)n3)cs2)cc1. The molecule has 0 spiro atoms. The molecule has 0 amide bonds. The molecule has 0 radical (unpaired) electrons. The normalized spacial score (nSPS) is 11.0. The van der Waals surface area contributed by atoms with Gasteiger partial charge in [-0.2, -0.15) is 4.80 Å². The summed E-state index contributed by atoms with van der Waals surface area (Å²) in [5.74, 6) is 0.314. The van der Waals surface area contributed by atoms with Crippen LogP contribution in [0.1, 0.15) is 5.69 Å². The van der Waals surface area contributed by atoms with Gasteiger partial charge in [0.05, 0.1) is 5.69 Å². The zero-order chi connectivity index (χ0) is 17.2. The molecule has 4 aromatic rings. The lowest BCUT2D eigenvalue weighted by Crippen LogP contribution is -2.04. The van der Waals surface area contributed by atoms with E-state index in [1.165, 1.54) is 28.3 Å². The Hall–Kier alpha value is -2.45. The van der Waals surface area contributed by atoms with E-state index >= 15 is 0 Å². The van der Waals surface area contributed by atoms with Crippen molar-refractivity contribution in [3.8, 4) is 22.0 Å². The number of aromatic nitrogens is 5. The maximum Gasteiger partial charge on any atom is 0.204 e. The minimum atomic E-state index is -0.257. The molecule has 25 heavy (non-hydrogen) atoms. The van der Waals surface area contributed by atoms with Gasteiger partial charge < -0.3 is 0 Å². The first-order valence-electron chi connectivity index (χ1n) is 7.41. The molecule has 2 aromatic carbocycles. The minimum absolute atomic E-state index is 0.257. The minimum Gasteiger partial charge on any atom is -0.239 e. The van der Waals surface area contributed by atoms with Crippen LogP contribution in [0.25, 0.3) is 22.0 Å². The number of halogens is 2. The van der Waals surface area contributed by atoms with Crippen LogP contribution in [0.15, 0.2) is 58.4 Å². The summed E-state index contributed by atoms with van der Waals surface area (Å²) < 4.78 is 14.0. The number of tetrazole rings is 1. The highest BCUT2D eigenvalue weighted by Gasteiger charge is 2.09. The summed E-state index contributed by atoms with van der Waals surface area (Å²) in [7, 11) is 0. The van der Waals surface area contributed by atoms with Gasteiger partial charge in [-0.3, -0.25) is 0 Å². The van der Waals surface area contributed by atoms with Crippen molar-refractivity contribution in [2.24, 2.45) is 0 Å². The molecule has 0 saturated carbocycles. The highest BCUT2D eigenvalue weighted by molar-refractivity contribution is 9.10. The third kappa shape index (κ3) is 3.64. The molecule has 0 atom stereocenters. The second-order valence-corrected chi connectivity index (χ2v) is 7.08. The lowest BCUT2D eigenvalue weighted by molar-refractivity contribution is 0.566. The smallest absolute Gasteiger partial charge is 0.204 e. The van der Waals surface area contributed by atoms with Crippen molar-refractivity contribution in [2.75, 3.05) is 0 Å². The fourth-order valence-electron chi connectivity index (χ4n) is 2.27. The van der Waals surface area contributed by atoms with Gasteiger partial charge in [0.25, 0.3) is 0 Å². The van der Waals surface area contributed by atoms with Gasteiger partial charge in [0, 0.05) is 21.0 Å². The molecule has 0 fully saturated rings. The van der Waals surface area contributed by atoms with Crippen LogP contribution in [0, 0.1) is 5.82 Å². The molecule has 0 aliphatic carbocycles. The Morgan fingerprint density at radius 2 is 1.72 bits per heavy atom. The summed E-state index contributed by atoms with van der Waals surface area (Å²) in [6, 6.07) is 14.0. The Bertz CT molecular complexity index is 913. The van der Waals surface area contributed by atoms with E-state index in [9.17, 15) is 4.39 Å². The summed E-state index contributed by atoms with van der Waals surface area (Å²) >= 11 is 4.91. The van der Waals surface area contributed by atoms with E-state index < -0.39 is 0 Å². The highest BCUT2D eigenvalue weighted by Crippen LogP contribution is 2.24. The molecule has 8 heteroatoms. The predicted octanol–water partition coefficient (Wildman–Crippen LogP) is 4.41. The van der Waals surface area contributed by atoms with Gasteiger partial charge in [0.1, 0.15) is 17.4 Å². The molecule has 0 N–H and O–H groups in total. The van der Waals surface area contributed by atoms with Crippen molar-refractivity contribution in [3.05, 3.63) is 69.9 Å². The molecular weight excluding hydrogens is 405 g/mol. The van der Waals surface area contributed by atoms with E-state index in [1.54, 1.807) is 12.1 Å². The van der Waals surface area contributed by atoms with Gasteiger partial charge in [0.15, 0.2) is 0 Å². The molecule has 0 saturated heterocycles. The number of hydrogen-bond acceptors (Lipinski definition) is 5. The van der Waals surface area contributed by atoms with E-state index in [1.807, 2.05) is 29.6 Å². The zero-order valence-electron chi connectivity index (χ0n) is 12.8. The van der Waals surface area contributed by atoms with Crippen LogP contribution in [-0.2, 0) is 6.54 Å². The molecule has 0 unspecified atom stereocenters. The zero-order valence-corrected chi connectivity index (χ0v) is 15.2. The fraction of sp³-hybridized carbons (Fsp3) is 0.0588. The molecule has 0 aliphatic rings. The monoisotopic (exact) mass is 415 g/mol. The van der Waals surface area contributed by atoms with Crippen LogP contribution in [-0.4, -0.2) is 25.2 Å². The quantitative estimate of drug-likeness (QED) is 0.495. The van der Waals surface area contributed by atoms with Crippen LogP contribution < -0.4 is 0 Å². The second-order valence-electron chi connectivity index (χ2n) is 5.30. The number of hydrogen-bond donors (Lipinski definition) is 0. The number of rotatable bonds is 4. The summed E-state index contributed by atoms with van der Waals surface area (Å²) in [6.07, 6.45) is 0. The topological polar surface area (TPSA) is 56.5 Å². The van der Waals surface area contributed by atoms with Gasteiger partial charge in [-0.1, -0.05) is 15.9 Å². The molecule has 5 nitrogen and oxygen atoms in total. The largest absolute Gasteiger partial charge is 0.239 e. The maximum absolute atomic E-state index is 13.0. The number of nitrogens with zero attached hydrogens (tertiary/aromatic N) is 5. The van der Waals surface area contributed by atoms with Crippen LogP contribution in [0.4, 0.5) is 4.39 Å². The third-order valence-electron chi connectivity index (χ3n) is 3.50. The Morgan fingerprint density at radius 1 is 1.00 bits per heavy atom. The van der Waals surface area contributed by atoms with Gasteiger partial charge in [-0.15, -0.1) is 21.5 Å². The van der Waals surface area contributed by atoms with E-state index in [4.69, 9.17) is 0 Å². The standard InChI is InChI=1S/C17H11BrFN5S/c18-13-5-1-11(2-6-13)16-21-23-24(22-16)9-15-10-25-17(20-15)12-3-7-14(19)8-4-12/h1-8,10H,9H2. The lowest BCUT2D eigenvalue weighted by atomic mass is 10.2. The Morgan fingerprint density at radius 3 is 2.48 bits per heavy atom. The van der Waals surface area contributed by atoms with Crippen molar-refractivity contribution in [3.63, 3.8) is 0 Å². The fourth-order valence-corrected chi connectivity index (χ4v) is 3.36. The second kappa shape index (κ2) is 6.81. The Kier molecular flexibility index (Phi) is 4.37.